The van der Waals surface area contributed by atoms with Gasteiger partial charge in [0.1, 0.15) is 0 Å². The minimum atomic E-state index is 0.451. The highest BCUT2D eigenvalue weighted by Gasteiger charge is 2.33. The van der Waals surface area contributed by atoms with Crippen molar-refractivity contribution in [2.24, 2.45) is 5.41 Å². The van der Waals surface area contributed by atoms with E-state index in [9.17, 15) is 0 Å². The summed E-state index contributed by atoms with van der Waals surface area (Å²) in [6, 6.07) is 1.45. The average Bonchev–Trinajstić information content (AvgIpc) is 2.79. The first-order chi connectivity index (χ1) is 9.03. The summed E-state index contributed by atoms with van der Waals surface area (Å²) in [5, 5.41) is 3.74. The molecule has 0 spiro atoms. The van der Waals surface area contributed by atoms with Crippen molar-refractivity contribution in [1.82, 2.24) is 15.1 Å². The number of likely N-dealkylation sites (tertiary alicyclic amines) is 1. The van der Waals surface area contributed by atoms with Gasteiger partial charge >= 0.3 is 0 Å². The third kappa shape index (κ3) is 3.93. The van der Waals surface area contributed by atoms with E-state index in [4.69, 9.17) is 0 Å². The van der Waals surface area contributed by atoms with Crippen LogP contribution in [-0.4, -0.2) is 61.7 Å². The zero-order chi connectivity index (χ0) is 13.9. The second-order valence-corrected chi connectivity index (χ2v) is 7.24. The monoisotopic (exact) mass is 267 g/mol. The van der Waals surface area contributed by atoms with Gasteiger partial charge in [-0.3, -0.25) is 4.90 Å². The summed E-state index contributed by atoms with van der Waals surface area (Å²) in [7, 11) is 2.30. The van der Waals surface area contributed by atoms with Crippen LogP contribution in [0.3, 0.4) is 0 Å². The minimum absolute atomic E-state index is 0.451. The summed E-state index contributed by atoms with van der Waals surface area (Å²) in [6.45, 7) is 13.3. The summed E-state index contributed by atoms with van der Waals surface area (Å²) in [6.07, 6.45) is 5.47. The maximum Gasteiger partial charge on any atom is 0.0245 e. The molecule has 2 heterocycles. The van der Waals surface area contributed by atoms with Crippen LogP contribution in [0.4, 0.5) is 0 Å². The molecule has 2 aliphatic heterocycles. The Morgan fingerprint density at radius 2 is 2.05 bits per heavy atom. The highest BCUT2D eigenvalue weighted by molar-refractivity contribution is 4.91. The first-order valence-corrected chi connectivity index (χ1v) is 8.19. The second-order valence-electron chi connectivity index (χ2n) is 7.24. The van der Waals surface area contributed by atoms with Crippen LogP contribution in [0.1, 0.15) is 46.5 Å². The highest BCUT2D eigenvalue weighted by atomic mass is 15.2. The predicted octanol–water partition coefficient (Wildman–Crippen LogP) is 2.18. The lowest BCUT2D eigenvalue weighted by atomic mass is 9.77. The van der Waals surface area contributed by atoms with Gasteiger partial charge in [-0.05, 0) is 57.8 Å². The Bertz CT molecular complexity index is 277. The van der Waals surface area contributed by atoms with Gasteiger partial charge < -0.3 is 10.2 Å². The minimum Gasteiger partial charge on any atom is -0.312 e. The van der Waals surface area contributed by atoms with E-state index in [0.717, 1.165) is 6.04 Å². The van der Waals surface area contributed by atoms with Crippen LogP contribution in [-0.2, 0) is 0 Å². The van der Waals surface area contributed by atoms with E-state index in [1.165, 1.54) is 58.4 Å². The van der Waals surface area contributed by atoms with Crippen LogP contribution < -0.4 is 5.32 Å². The molecule has 2 rings (SSSR count). The smallest absolute Gasteiger partial charge is 0.0245 e. The number of rotatable bonds is 5. The van der Waals surface area contributed by atoms with Gasteiger partial charge in [0, 0.05) is 25.2 Å². The number of hydrogen-bond acceptors (Lipinski definition) is 3. The molecule has 3 heteroatoms. The van der Waals surface area contributed by atoms with Gasteiger partial charge in [-0.1, -0.05) is 20.8 Å². The quantitative estimate of drug-likeness (QED) is 0.824. The fourth-order valence-electron chi connectivity index (χ4n) is 3.85. The topological polar surface area (TPSA) is 18.5 Å². The van der Waals surface area contributed by atoms with Crippen molar-refractivity contribution in [3.05, 3.63) is 0 Å². The SMILES string of the molecule is CCN1CCCC1CN(C)CC1NCCCC1(C)C. The largest absolute Gasteiger partial charge is 0.312 e. The molecule has 2 atom stereocenters. The average molecular weight is 267 g/mol. The highest BCUT2D eigenvalue weighted by Crippen LogP contribution is 2.30. The van der Waals surface area contributed by atoms with E-state index < -0.39 is 0 Å². The summed E-state index contributed by atoms with van der Waals surface area (Å²) < 4.78 is 0. The Morgan fingerprint density at radius 1 is 1.26 bits per heavy atom. The first-order valence-electron chi connectivity index (χ1n) is 8.19. The number of nitrogens with one attached hydrogen (secondary N) is 1. The molecule has 0 saturated carbocycles. The predicted molar refractivity (Wildman–Crippen MR) is 82.6 cm³/mol. The summed E-state index contributed by atoms with van der Waals surface area (Å²) >= 11 is 0. The molecule has 2 fully saturated rings. The normalized spacial score (nSPS) is 32.1. The number of hydrogen-bond donors (Lipinski definition) is 1. The summed E-state index contributed by atoms with van der Waals surface area (Å²) in [5.74, 6) is 0. The zero-order valence-electron chi connectivity index (χ0n) is 13.4. The molecule has 2 aliphatic rings. The van der Waals surface area contributed by atoms with Gasteiger partial charge in [0.2, 0.25) is 0 Å². The Hall–Kier alpha value is -0.120. The Kier molecular flexibility index (Phi) is 5.27. The Morgan fingerprint density at radius 3 is 2.74 bits per heavy atom. The maximum absolute atomic E-state index is 3.74. The fourth-order valence-corrected chi connectivity index (χ4v) is 3.85. The van der Waals surface area contributed by atoms with Gasteiger partial charge in [-0.25, -0.2) is 0 Å². The van der Waals surface area contributed by atoms with Crippen molar-refractivity contribution < 1.29 is 0 Å². The molecule has 0 aliphatic carbocycles. The Balaban J connectivity index is 1.81. The molecule has 3 nitrogen and oxygen atoms in total. The van der Waals surface area contributed by atoms with E-state index in [1.807, 2.05) is 0 Å². The van der Waals surface area contributed by atoms with E-state index in [0.29, 0.717) is 11.5 Å². The zero-order valence-corrected chi connectivity index (χ0v) is 13.4. The van der Waals surface area contributed by atoms with E-state index in [1.54, 1.807) is 0 Å². The molecular formula is C16H33N3. The molecule has 0 amide bonds. The number of nitrogens with zero attached hydrogens (tertiary/aromatic N) is 2. The first kappa shape index (κ1) is 15.3. The molecule has 0 aromatic heterocycles. The van der Waals surface area contributed by atoms with Gasteiger partial charge in [0.15, 0.2) is 0 Å². The van der Waals surface area contributed by atoms with Gasteiger partial charge in [-0.2, -0.15) is 0 Å². The van der Waals surface area contributed by atoms with Crippen molar-refractivity contribution >= 4 is 0 Å². The third-order valence-corrected chi connectivity index (χ3v) is 5.25. The fraction of sp³-hybridized carbons (Fsp3) is 1.00. The molecule has 0 bridgehead atoms. The van der Waals surface area contributed by atoms with Crippen LogP contribution in [0.25, 0.3) is 0 Å². The summed E-state index contributed by atoms with van der Waals surface area (Å²) in [5.41, 5.74) is 0.451. The van der Waals surface area contributed by atoms with Crippen molar-refractivity contribution in [3.63, 3.8) is 0 Å². The van der Waals surface area contributed by atoms with Crippen LogP contribution >= 0.6 is 0 Å². The van der Waals surface area contributed by atoms with Gasteiger partial charge in [-0.15, -0.1) is 0 Å². The van der Waals surface area contributed by atoms with Gasteiger partial charge in [0.25, 0.3) is 0 Å². The maximum atomic E-state index is 3.74. The Labute approximate surface area is 119 Å². The lowest BCUT2D eigenvalue weighted by Crippen LogP contribution is -2.53. The lowest BCUT2D eigenvalue weighted by Gasteiger charge is -2.42. The molecule has 19 heavy (non-hydrogen) atoms. The van der Waals surface area contributed by atoms with Crippen molar-refractivity contribution in [2.45, 2.75) is 58.5 Å². The van der Waals surface area contributed by atoms with Crippen LogP contribution in [0.5, 0.6) is 0 Å². The molecule has 112 valence electrons. The molecule has 1 N–H and O–H groups in total. The van der Waals surface area contributed by atoms with Crippen LogP contribution in [0, 0.1) is 5.41 Å². The van der Waals surface area contributed by atoms with Crippen LogP contribution in [0.2, 0.25) is 0 Å². The molecule has 2 unspecified atom stereocenters. The molecule has 0 radical (unpaired) electrons. The summed E-state index contributed by atoms with van der Waals surface area (Å²) in [4.78, 5) is 5.21. The molecule has 0 aromatic rings. The standard InChI is InChI=1S/C16H33N3/c1-5-19-11-6-8-14(19)12-18(4)13-15-16(2,3)9-7-10-17-15/h14-15,17H,5-13H2,1-4H3. The third-order valence-electron chi connectivity index (χ3n) is 5.25. The van der Waals surface area contributed by atoms with Gasteiger partial charge in [0.05, 0.1) is 0 Å². The molecular weight excluding hydrogens is 234 g/mol. The van der Waals surface area contributed by atoms with Crippen LogP contribution in [0.15, 0.2) is 0 Å². The molecule has 2 saturated heterocycles. The van der Waals surface area contributed by atoms with E-state index >= 15 is 0 Å². The lowest BCUT2D eigenvalue weighted by molar-refractivity contribution is 0.121. The number of likely N-dealkylation sites (N-methyl/N-ethyl adjacent to an activating group) is 2. The van der Waals surface area contributed by atoms with Crippen molar-refractivity contribution in [1.29, 1.82) is 0 Å². The van der Waals surface area contributed by atoms with E-state index in [2.05, 4.69) is 42.9 Å². The van der Waals surface area contributed by atoms with Crippen molar-refractivity contribution in [3.8, 4) is 0 Å². The second kappa shape index (κ2) is 6.55. The van der Waals surface area contributed by atoms with Crippen molar-refractivity contribution in [2.75, 3.05) is 39.8 Å². The molecule has 0 aromatic carbocycles. The number of piperidine rings is 1. The van der Waals surface area contributed by atoms with E-state index in [-0.39, 0.29) is 0 Å².